The van der Waals surface area contributed by atoms with E-state index in [0.717, 1.165) is 22.5 Å². The number of nitrogens with zero attached hydrogens (tertiary/aromatic N) is 3. The Morgan fingerprint density at radius 2 is 1.21 bits per heavy atom. The molecule has 230 valence electrons. The fourth-order valence-corrected chi connectivity index (χ4v) is 12.1. The summed E-state index contributed by atoms with van der Waals surface area (Å²) in [6.45, 7) is 11.7. The van der Waals surface area contributed by atoms with E-state index in [-0.39, 0.29) is 10.8 Å². The lowest BCUT2D eigenvalue weighted by atomic mass is 9.81. The van der Waals surface area contributed by atoms with Crippen LogP contribution in [0.25, 0.3) is 79.7 Å². The molecule has 2 aliphatic carbocycles. The number of benzene rings is 5. The van der Waals surface area contributed by atoms with Gasteiger partial charge in [-0.3, -0.25) is 4.57 Å². The molecule has 4 aromatic heterocycles. The summed E-state index contributed by atoms with van der Waals surface area (Å²) in [5, 5.41) is 6.31. The van der Waals surface area contributed by atoms with Crippen LogP contribution in [-0.2, 0) is 10.8 Å². The highest BCUT2D eigenvalue weighted by atomic mass is 32.1. The van der Waals surface area contributed by atoms with E-state index < -0.39 is 0 Å². The minimum Gasteiger partial charge on any atom is -0.276 e. The van der Waals surface area contributed by atoms with Gasteiger partial charge in [-0.1, -0.05) is 107 Å². The number of fused-ring (bicyclic) bond motifs is 15. The number of hydrogen-bond donors (Lipinski definition) is 0. The zero-order valence-electron chi connectivity index (χ0n) is 27.4. The Hall–Kier alpha value is -4.84. The van der Waals surface area contributed by atoms with Crippen LogP contribution in [0.4, 0.5) is 0 Å². The SMILES string of the molecule is Cc1nc(-n2c3cc4sc5c(c4cc3c3ccc4c6c(sc4c32)-c2ccccc2C6(C)C)C(C)(C)c2ccccc2-5)nc2ccccc12. The molecule has 0 aliphatic heterocycles. The van der Waals surface area contributed by atoms with Crippen LogP contribution >= 0.6 is 22.7 Å². The first-order chi connectivity index (χ1) is 23.2. The zero-order valence-corrected chi connectivity index (χ0v) is 29.0. The van der Waals surface area contributed by atoms with Gasteiger partial charge < -0.3 is 0 Å². The fourth-order valence-electron chi connectivity index (χ4n) is 9.11. The highest BCUT2D eigenvalue weighted by Crippen LogP contribution is 2.58. The molecule has 0 unspecified atom stereocenters. The maximum atomic E-state index is 5.26. The number of aryl methyl sites for hydroxylation is 1. The molecule has 5 heteroatoms. The van der Waals surface area contributed by atoms with E-state index >= 15 is 0 Å². The third kappa shape index (κ3) is 3.15. The van der Waals surface area contributed by atoms with E-state index in [0.29, 0.717) is 0 Å². The molecule has 5 aromatic carbocycles. The normalized spacial score (nSPS) is 15.5. The van der Waals surface area contributed by atoms with Crippen LogP contribution in [0.2, 0.25) is 0 Å². The predicted molar refractivity (Wildman–Crippen MR) is 205 cm³/mol. The molecular weight excluding hydrogens is 623 g/mol. The molecule has 0 fully saturated rings. The van der Waals surface area contributed by atoms with E-state index in [4.69, 9.17) is 9.97 Å². The molecule has 3 nitrogen and oxygen atoms in total. The number of aromatic nitrogens is 3. The number of para-hydroxylation sites is 1. The lowest BCUT2D eigenvalue weighted by Gasteiger charge is -2.21. The van der Waals surface area contributed by atoms with E-state index in [1.807, 2.05) is 22.7 Å². The molecule has 9 aromatic rings. The maximum Gasteiger partial charge on any atom is 0.235 e. The Morgan fingerprint density at radius 1 is 0.583 bits per heavy atom. The lowest BCUT2D eigenvalue weighted by Crippen LogP contribution is -2.14. The van der Waals surface area contributed by atoms with E-state index in [2.05, 4.69) is 136 Å². The Morgan fingerprint density at radius 3 is 1.96 bits per heavy atom. The van der Waals surface area contributed by atoms with Crippen molar-refractivity contribution in [3.63, 3.8) is 0 Å². The molecule has 11 rings (SSSR count). The zero-order chi connectivity index (χ0) is 32.3. The van der Waals surface area contributed by atoms with Crippen LogP contribution in [0.3, 0.4) is 0 Å². The van der Waals surface area contributed by atoms with Crippen LogP contribution in [0.1, 0.15) is 55.6 Å². The van der Waals surface area contributed by atoms with Crippen molar-refractivity contribution in [2.24, 2.45) is 0 Å². The molecular formula is C43H31N3S2. The average Bonchev–Trinajstić information content (AvgIpc) is 3.84. The first kappa shape index (κ1) is 27.1. The standard InChI is InChI=1S/C43H31N3S2/c1-22-23-12-8-11-17-32(23)45-41(44-22)46-33-21-34-29(36-38(47-34)25-13-6-9-15-30(25)43(36,4)5)20-28(33)24-18-19-27-35-39(48-40(27)37(24)46)26-14-7-10-16-31(26)42(35,2)3/h6-21H,1-5H3. The lowest BCUT2D eigenvalue weighted by molar-refractivity contribution is 0.667. The molecule has 0 bridgehead atoms. The number of rotatable bonds is 1. The van der Waals surface area contributed by atoms with Crippen LogP contribution in [0.5, 0.6) is 0 Å². The quantitative estimate of drug-likeness (QED) is 0.176. The van der Waals surface area contributed by atoms with Crippen molar-refractivity contribution >= 4 is 75.6 Å². The van der Waals surface area contributed by atoms with Gasteiger partial charge in [-0.25, -0.2) is 9.97 Å². The Balaban J connectivity index is 1.30. The van der Waals surface area contributed by atoms with Gasteiger partial charge in [0.25, 0.3) is 0 Å². The van der Waals surface area contributed by atoms with Gasteiger partial charge in [-0.2, -0.15) is 0 Å². The molecule has 0 N–H and O–H groups in total. The highest BCUT2D eigenvalue weighted by molar-refractivity contribution is 7.23. The number of thiophene rings is 2. The van der Waals surface area contributed by atoms with E-state index in [1.165, 1.54) is 85.1 Å². The molecule has 4 heterocycles. The summed E-state index contributed by atoms with van der Waals surface area (Å²) in [6, 6.07) is 36.0. The van der Waals surface area contributed by atoms with Gasteiger partial charge in [0.1, 0.15) is 0 Å². The summed E-state index contributed by atoms with van der Waals surface area (Å²) in [6.07, 6.45) is 0. The van der Waals surface area contributed by atoms with Crippen LogP contribution in [-0.4, -0.2) is 14.5 Å². The van der Waals surface area contributed by atoms with Crippen molar-refractivity contribution in [2.45, 2.75) is 45.4 Å². The monoisotopic (exact) mass is 653 g/mol. The molecule has 0 saturated heterocycles. The molecule has 0 amide bonds. The first-order valence-corrected chi connectivity index (χ1v) is 18.3. The predicted octanol–water partition coefficient (Wildman–Crippen LogP) is 12.1. The molecule has 0 radical (unpaired) electrons. The summed E-state index contributed by atoms with van der Waals surface area (Å²) in [7, 11) is 0. The summed E-state index contributed by atoms with van der Waals surface area (Å²) in [5.41, 5.74) is 12.7. The summed E-state index contributed by atoms with van der Waals surface area (Å²) < 4.78 is 5.00. The maximum absolute atomic E-state index is 5.26. The molecule has 0 atom stereocenters. The van der Waals surface area contributed by atoms with Gasteiger partial charge in [0.2, 0.25) is 5.95 Å². The summed E-state index contributed by atoms with van der Waals surface area (Å²) in [4.78, 5) is 13.3. The molecule has 0 spiro atoms. The van der Waals surface area contributed by atoms with Crippen LogP contribution < -0.4 is 0 Å². The van der Waals surface area contributed by atoms with Crippen molar-refractivity contribution in [3.05, 3.63) is 125 Å². The van der Waals surface area contributed by atoms with Crippen LogP contribution in [0, 0.1) is 6.92 Å². The van der Waals surface area contributed by atoms with Gasteiger partial charge in [-0.05, 0) is 69.3 Å². The van der Waals surface area contributed by atoms with E-state index in [1.54, 1.807) is 0 Å². The van der Waals surface area contributed by atoms with Gasteiger partial charge in [0.05, 0.1) is 26.9 Å². The van der Waals surface area contributed by atoms with Crippen molar-refractivity contribution in [3.8, 4) is 26.8 Å². The molecule has 48 heavy (non-hydrogen) atoms. The molecule has 0 saturated carbocycles. The average molecular weight is 654 g/mol. The Labute approximate surface area is 286 Å². The minimum absolute atomic E-state index is 0.0599. The first-order valence-electron chi connectivity index (χ1n) is 16.7. The smallest absolute Gasteiger partial charge is 0.235 e. The van der Waals surface area contributed by atoms with Crippen molar-refractivity contribution < 1.29 is 0 Å². The van der Waals surface area contributed by atoms with Crippen molar-refractivity contribution in [1.82, 2.24) is 14.5 Å². The van der Waals surface area contributed by atoms with Crippen molar-refractivity contribution in [2.75, 3.05) is 0 Å². The molecule has 2 aliphatic rings. The third-order valence-corrected chi connectivity index (χ3v) is 13.7. The van der Waals surface area contributed by atoms with E-state index in [9.17, 15) is 0 Å². The fraction of sp³-hybridized carbons (Fsp3) is 0.163. The third-order valence-electron chi connectivity index (χ3n) is 11.3. The summed E-state index contributed by atoms with van der Waals surface area (Å²) >= 11 is 3.87. The minimum atomic E-state index is -0.0749. The van der Waals surface area contributed by atoms with Gasteiger partial charge >= 0.3 is 0 Å². The second kappa shape index (κ2) is 8.79. The van der Waals surface area contributed by atoms with Crippen molar-refractivity contribution in [1.29, 1.82) is 0 Å². The second-order valence-corrected chi connectivity index (χ2v) is 16.7. The number of hydrogen-bond acceptors (Lipinski definition) is 4. The highest BCUT2D eigenvalue weighted by Gasteiger charge is 2.40. The van der Waals surface area contributed by atoms with Gasteiger partial charge in [-0.15, -0.1) is 22.7 Å². The largest absolute Gasteiger partial charge is 0.276 e. The van der Waals surface area contributed by atoms with Gasteiger partial charge in [0, 0.05) is 41.4 Å². The second-order valence-electron chi connectivity index (χ2n) is 14.6. The topological polar surface area (TPSA) is 30.7 Å². The van der Waals surface area contributed by atoms with Crippen LogP contribution in [0.15, 0.2) is 97.1 Å². The Kier molecular flexibility index (Phi) is 4.97. The van der Waals surface area contributed by atoms with Gasteiger partial charge in [0.15, 0.2) is 0 Å². The summed E-state index contributed by atoms with van der Waals surface area (Å²) in [5.74, 6) is 0.737. The Bertz CT molecular complexity index is 2910.